The first-order valence-electron chi connectivity index (χ1n) is 8.20. The van der Waals surface area contributed by atoms with Crippen LogP contribution in [0.3, 0.4) is 0 Å². The maximum atomic E-state index is 12.1. The molecule has 1 fully saturated rings. The van der Waals surface area contributed by atoms with E-state index < -0.39 is 0 Å². The van der Waals surface area contributed by atoms with E-state index in [2.05, 4.69) is 31.0 Å². The molecule has 0 spiro atoms. The number of hydrogen-bond acceptors (Lipinski definition) is 3. The summed E-state index contributed by atoms with van der Waals surface area (Å²) in [6.07, 6.45) is 1.55. The molecule has 4 unspecified atom stereocenters. The number of likely N-dealkylation sites (tertiary alicyclic amines) is 1. The normalized spacial score (nSPS) is 26.2. The third-order valence-corrected chi connectivity index (χ3v) is 4.08. The average Bonchev–Trinajstić information content (AvgIpc) is 2.34. The van der Waals surface area contributed by atoms with E-state index in [0.29, 0.717) is 13.0 Å². The van der Waals surface area contributed by atoms with E-state index in [-0.39, 0.29) is 18.2 Å². The van der Waals surface area contributed by atoms with Crippen molar-refractivity contribution in [3.05, 3.63) is 0 Å². The quantitative estimate of drug-likeness (QED) is 0.786. The summed E-state index contributed by atoms with van der Waals surface area (Å²) in [5.41, 5.74) is 0. The molecule has 5 heteroatoms. The fraction of sp³-hybridized carbons (Fsp3) is 0.938. The molecular formula is C16H33N3O2. The zero-order valence-corrected chi connectivity index (χ0v) is 14.3. The molecule has 124 valence electrons. The monoisotopic (exact) mass is 299 g/mol. The van der Waals surface area contributed by atoms with Gasteiger partial charge in [-0.2, -0.15) is 0 Å². The summed E-state index contributed by atoms with van der Waals surface area (Å²) in [5, 5.41) is 12.3. The topological polar surface area (TPSA) is 55.8 Å². The summed E-state index contributed by atoms with van der Waals surface area (Å²) in [7, 11) is 1.77. The summed E-state index contributed by atoms with van der Waals surface area (Å²) in [6, 6.07) is 0.0882. The van der Waals surface area contributed by atoms with Gasteiger partial charge in [-0.25, -0.2) is 4.79 Å². The molecule has 1 saturated heterocycles. The molecule has 0 bridgehead atoms. The number of urea groups is 1. The Kier molecular flexibility index (Phi) is 7.46. The van der Waals surface area contributed by atoms with Gasteiger partial charge in [-0.1, -0.05) is 13.8 Å². The number of amides is 2. The van der Waals surface area contributed by atoms with Gasteiger partial charge >= 0.3 is 6.03 Å². The van der Waals surface area contributed by atoms with E-state index in [1.54, 1.807) is 18.9 Å². The molecular weight excluding hydrogens is 266 g/mol. The van der Waals surface area contributed by atoms with Crippen molar-refractivity contribution in [2.24, 2.45) is 11.8 Å². The average molecular weight is 299 g/mol. The first-order chi connectivity index (χ1) is 9.77. The molecule has 0 aromatic heterocycles. The number of nitrogens with one attached hydrogen (secondary N) is 1. The lowest BCUT2D eigenvalue weighted by molar-refractivity contribution is 0.128. The van der Waals surface area contributed by atoms with Gasteiger partial charge in [0.1, 0.15) is 0 Å². The molecule has 1 aliphatic rings. The highest BCUT2D eigenvalue weighted by Gasteiger charge is 2.23. The first kappa shape index (κ1) is 18.2. The van der Waals surface area contributed by atoms with E-state index in [9.17, 15) is 9.90 Å². The highest BCUT2D eigenvalue weighted by Crippen LogP contribution is 2.20. The van der Waals surface area contributed by atoms with Crippen LogP contribution >= 0.6 is 0 Å². The Hall–Kier alpha value is -0.810. The summed E-state index contributed by atoms with van der Waals surface area (Å²) < 4.78 is 0. The van der Waals surface area contributed by atoms with Gasteiger partial charge in [0, 0.05) is 39.3 Å². The molecule has 5 nitrogen and oxygen atoms in total. The van der Waals surface area contributed by atoms with E-state index >= 15 is 0 Å². The molecule has 0 aromatic carbocycles. The molecule has 0 radical (unpaired) electrons. The van der Waals surface area contributed by atoms with Crippen LogP contribution in [0.4, 0.5) is 4.79 Å². The molecule has 0 aromatic rings. The fourth-order valence-electron chi connectivity index (χ4n) is 3.18. The first-order valence-corrected chi connectivity index (χ1v) is 8.20. The number of carbonyl (C=O) groups is 1. The van der Waals surface area contributed by atoms with Gasteiger partial charge in [0.05, 0.1) is 6.10 Å². The van der Waals surface area contributed by atoms with Crippen LogP contribution in [0.5, 0.6) is 0 Å². The van der Waals surface area contributed by atoms with Crippen LogP contribution in [0.1, 0.15) is 40.5 Å². The van der Waals surface area contributed by atoms with Gasteiger partial charge in [0.25, 0.3) is 0 Å². The van der Waals surface area contributed by atoms with Gasteiger partial charge in [-0.05, 0) is 38.5 Å². The van der Waals surface area contributed by atoms with Crippen LogP contribution in [-0.2, 0) is 0 Å². The summed E-state index contributed by atoms with van der Waals surface area (Å²) in [4.78, 5) is 16.2. The van der Waals surface area contributed by atoms with Gasteiger partial charge in [0.2, 0.25) is 0 Å². The Morgan fingerprint density at radius 2 is 1.90 bits per heavy atom. The second kappa shape index (κ2) is 8.59. The molecule has 21 heavy (non-hydrogen) atoms. The van der Waals surface area contributed by atoms with Crippen molar-refractivity contribution >= 4 is 6.03 Å². The van der Waals surface area contributed by atoms with Crippen LogP contribution in [0.25, 0.3) is 0 Å². The van der Waals surface area contributed by atoms with E-state index in [1.165, 1.54) is 6.42 Å². The number of hydrogen-bond donors (Lipinski definition) is 2. The van der Waals surface area contributed by atoms with Crippen molar-refractivity contribution in [1.29, 1.82) is 0 Å². The third-order valence-electron chi connectivity index (χ3n) is 4.08. The second-order valence-electron chi connectivity index (χ2n) is 7.07. The number of piperidine rings is 1. The zero-order valence-electron chi connectivity index (χ0n) is 14.3. The van der Waals surface area contributed by atoms with Crippen molar-refractivity contribution in [3.63, 3.8) is 0 Å². The minimum atomic E-state index is -0.367. The van der Waals surface area contributed by atoms with Crippen molar-refractivity contribution in [3.8, 4) is 0 Å². The Bertz CT molecular complexity index is 313. The van der Waals surface area contributed by atoms with Crippen LogP contribution < -0.4 is 5.32 Å². The number of nitrogens with zero attached hydrogens (tertiary/aromatic N) is 2. The minimum absolute atomic E-state index is 0.0544. The standard InChI is InChI=1S/C16H33N3O2/c1-12-8-13(2)10-19(9-12)11-14(3)17-16(21)18(5)7-6-15(4)20/h12-15,20H,6-11H2,1-5H3,(H,17,21). The Morgan fingerprint density at radius 3 is 2.43 bits per heavy atom. The molecule has 2 N–H and O–H groups in total. The lowest BCUT2D eigenvalue weighted by Gasteiger charge is -2.36. The molecule has 0 aliphatic carbocycles. The highest BCUT2D eigenvalue weighted by atomic mass is 16.3. The lowest BCUT2D eigenvalue weighted by Crippen LogP contribution is -2.49. The fourth-order valence-corrected chi connectivity index (χ4v) is 3.18. The molecule has 0 saturated carbocycles. The van der Waals surface area contributed by atoms with Crippen LogP contribution in [0.15, 0.2) is 0 Å². The Balaban J connectivity index is 2.31. The Morgan fingerprint density at radius 1 is 1.33 bits per heavy atom. The second-order valence-corrected chi connectivity index (χ2v) is 7.07. The van der Waals surface area contributed by atoms with Crippen LogP contribution in [0, 0.1) is 11.8 Å². The lowest BCUT2D eigenvalue weighted by atomic mass is 9.92. The smallest absolute Gasteiger partial charge is 0.317 e. The summed E-state index contributed by atoms with van der Waals surface area (Å²) >= 11 is 0. The van der Waals surface area contributed by atoms with Crippen molar-refractivity contribution in [1.82, 2.24) is 15.1 Å². The molecule has 1 aliphatic heterocycles. The number of aliphatic hydroxyl groups excluding tert-OH is 1. The van der Waals surface area contributed by atoms with Gasteiger partial charge in [-0.15, -0.1) is 0 Å². The predicted molar refractivity (Wildman–Crippen MR) is 86.3 cm³/mol. The van der Waals surface area contributed by atoms with E-state index in [0.717, 1.165) is 31.5 Å². The zero-order chi connectivity index (χ0) is 16.0. The Labute approximate surface area is 129 Å². The summed E-state index contributed by atoms with van der Waals surface area (Å²) in [6.45, 7) is 12.1. The molecule has 1 heterocycles. The molecule has 2 amide bonds. The van der Waals surface area contributed by atoms with Crippen molar-refractivity contribution in [2.45, 2.75) is 52.7 Å². The number of carbonyl (C=O) groups excluding carboxylic acids is 1. The highest BCUT2D eigenvalue weighted by molar-refractivity contribution is 5.74. The minimum Gasteiger partial charge on any atom is -0.393 e. The van der Waals surface area contributed by atoms with Crippen LogP contribution in [-0.4, -0.2) is 66.3 Å². The maximum absolute atomic E-state index is 12.1. The SMILES string of the molecule is CC(O)CCN(C)C(=O)NC(C)CN1CC(C)CC(C)C1. The van der Waals surface area contributed by atoms with Crippen molar-refractivity contribution in [2.75, 3.05) is 33.2 Å². The third kappa shape index (κ3) is 7.14. The van der Waals surface area contributed by atoms with Gasteiger partial charge in [0.15, 0.2) is 0 Å². The molecule has 1 rings (SSSR count). The van der Waals surface area contributed by atoms with E-state index in [4.69, 9.17) is 0 Å². The van der Waals surface area contributed by atoms with Crippen molar-refractivity contribution < 1.29 is 9.90 Å². The number of rotatable bonds is 6. The summed E-state index contributed by atoms with van der Waals surface area (Å²) in [5.74, 6) is 1.48. The number of aliphatic hydroxyl groups is 1. The predicted octanol–water partition coefficient (Wildman–Crippen LogP) is 1.77. The van der Waals surface area contributed by atoms with Gasteiger partial charge in [-0.3, -0.25) is 0 Å². The van der Waals surface area contributed by atoms with Gasteiger partial charge < -0.3 is 20.2 Å². The molecule has 4 atom stereocenters. The largest absolute Gasteiger partial charge is 0.393 e. The van der Waals surface area contributed by atoms with E-state index in [1.807, 2.05) is 0 Å². The van der Waals surface area contributed by atoms with Crippen LogP contribution in [0.2, 0.25) is 0 Å². The maximum Gasteiger partial charge on any atom is 0.317 e.